The molecule has 0 aliphatic rings. The van der Waals surface area contributed by atoms with Crippen LogP contribution in [0.3, 0.4) is 0 Å². The van der Waals surface area contributed by atoms with Gasteiger partial charge in [-0.05, 0) is 29.8 Å². The zero-order valence-electron chi connectivity index (χ0n) is 10.4. The molecule has 0 heterocycles. The van der Waals surface area contributed by atoms with Crippen LogP contribution in [0.1, 0.15) is 5.56 Å². The molecule has 0 saturated carbocycles. The molecule has 0 bridgehead atoms. The Bertz CT molecular complexity index is 631. The first-order valence-corrected chi connectivity index (χ1v) is 5.73. The second-order valence-corrected chi connectivity index (χ2v) is 3.85. The first-order chi connectivity index (χ1) is 9.60. The summed E-state index contributed by atoms with van der Waals surface area (Å²) in [6, 6.07) is 10.6. The molecule has 2 aromatic carbocycles. The fourth-order valence-electron chi connectivity index (χ4n) is 1.47. The molecule has 0 saturated heterocycles. The van der Waals surface area contributed by atoms with Crippen LogP contribution >= 0.6 is 0 Å². The lowest BCUT2D eigenvalue weighted by molar-refractivity contribution is 0.150. The van der Waals surface area contributed by atoms with Crippen molar-refractivity contribution in [3.05, 3.63) is 54.6 Å². The van der Waals surface area contributed by atoms with Crippen molar-refractivity contribution >= 4 is 12.2 Å². The molecule has 0 aromatic heterocycles. The van der Waals surface area contributed by atoms with Crippen LogP contribution in [0.4, 0.5) is 4.79 Å². The van der Waals surface area contributed by atoms with Gasteiger partial charge >= 0.3 is 6.16 Å². The lowest BCUT2D eigenvalue weighted by atomic mass is 10.2. The molecule has 0 amide bonds. The molecule has 0 aliphatic carbocycles. The Labute approximate surface area is 115 Å². The van der Waals surface area contributed by atoms with Crippen LogP contribution in [-0.4, -0.2) is 16.4 Å². The first-order valence-electron chi connectivity index (χ1n) is 5.73. The maximum Gasteiger partial charge on any atom is 0.519 e. The van der Waals surface area contributed by atoms with Crippen LogP contribution in [0.2, 0.25) is 0 Å². The number of carbonyl (C=O) groups is 1. The molecule has 5 heteroatoms. The highest BCUT2D eigenvalue weighted by Crippen LogP contribution is 2.34. The number of para-hydroxylation sites is 1. The third-order valence-corrected chi connectivity index (χ3v) is 2.49. The summed E-state index contributed by atoms with van der Waals surface area (Å²) in [5, 5.41) is 18.8. The third kappa shape index (κ3) is 3.08. The number of hydrogen-bond donors (Lipinski definition) is 2. The van der Waals surface area contributed by atoms with Crippen LogP contribution < -0.4 is 9.47 Å². The van der Waals surface area contributed by atoms with Gasteiger partial charge in [0.1, 0.15) is 5.75 Å². The van der Waals surface area contributed by atoms with Gasteiger partial charge in [-0.25, -0.2) is 4.79 Å². The van der Waals surface area contributed by atoms with E-state index in [9.17, 15) is 15.0 Å². The van der Waals surface area contributed by atoms with Crippen molar-refractivity contribution in [1.82, 2.24) is 0 Å². The predicted octanol–water partition coefficient (Wildman–Crippen LogP) is 3.32. The number of carbonyl (C=O) groups excluding carboxylic acids is 1. The van der Waals surface area contributed by atoms with Crippen LogP contribution in [0.15, 0.2) is 49.0 Å². The molecule has 5 nitrogen and oxygen atoms in total. The number of rotatable bonds is 3. The Morgan fingerprint density at radius 3 is 2.40 bits per heavy atom. The van der Waals surface area contributed by atoms with Crippen molar-refractivity contribution in [1.29, 1.82) is 0 Å². The van der Waals surface area contributed by atoms with Crippen LogP contribution in [0.5, 0.6) is 23.0 Å². The molecule has 2 aromatic rings. The fraction of sp³-hybridized carbons (Fsp3) is 0. The Morgan fingerprint density at radius 1 is 1.05 bits per heavy atom. The van der Waals surface area contributed by atoms with Gasteiger partial charge < -0.3 is 19.7 Å². The van der Waals surface area contributed by atoms with E-state index in [1.807, 2.05) is 0 Å². The molecule has 102 valence electrons. The Hall–Kier alpha value is -2.95. The van der Waals surface area contributed by atoms with E-state index in [2.05, 4.69) is 6.58 Å². The minimum absolute atomic E-state index is 0.183. The smallest absolute Gasteiger partial charge is 0.504 e. The highest BCUT2D eigenvalue weighted by Gasteiger charge is 2.13. The minimum Gasteiger partial charge on any atom is -0.504 e. The largest absolute Gasteiger partial charge is 0.519 e. The fourth-order valence-corrected chi connectivity index (χ4v) is 1.47. The molecule has 0 fully saturated rings. The van der Waals surface area contributed by atoms with Crippen molar-refractivity contribution in [2.75, 3.05) is 0 Å². The maximum atomic E-state index is 11.5. The maximum absolute atomic E-state index is 11.5. The number of ether oxygens (including phenoxy) is 2. The standard InChI is InChI=1S/C15H12O5/c1-2-10-6-8-11(9-7-10)19-15(18)20-13-5-3-4-12(16)14(13)17/h2-9,16-17H,1H2. The number of aromatic hydroxyl groups is 2. The van der Waals surface area contributed by atoms with Crippen LogP contribution in [-0.2, 0) is 0 Å². The molecule has 2 rings (SSSR count). The van der Waals surface area contributed by atoms with Crippen molar-refractivity contribution < 1.29 is 24.5 Å². The molecule has 0 unspecified atom stereocenters. The zero-order valence-corrected chi connectivity index (χ0v) is 10.4. The highest BCUT2D eigenvalue weighted by atomic mass is 16.7. The van der Waals surface area contributed by atoms with E-state index >= 15 is 0 Å². The van der Waals surface area contributed by atoms with Gasteiger partial charge in [-0.1, -0.05) is 30.9 Å². The molecule has 0 atom stereocenters. The monoisotopic (exact) mass is 272 g/mol. The number of phenols is 2. The zero-order chi connectivity index (χ0) is 14.5. The Morgan fingerprint density at radius 2 is 1.75 bits per heavy atom. The number of hydrogen-bond acceptors (Lipinski definition) is 5. The molecular weight excluding hydrogens is 260 g/mol. The lowest BCUT2D eigenvalue weighted by Crippen LogP contribution is -2.13. The highest BCUT2D eigenvalue weighted by molar-refractivity contribution is 5.69. The summed E-state index contributed by atoms with van der Waals surface area (Å²) in [6.45, 7) is 3.61. The molecule has 0 radical (unpaired) electrons. The van der Waals surface area contributed by atoms with Gasteiger partial charge in [0.2, 0.25) is 5.75 Å². The Kier molecular flexibility index (Phi) is 3.91. The van der Waals surface area contributed by atoms with E-state index < -0.39 is 11.9 Å². The van der Waals surface area contributed by atoms with Gasteiger partial charge in [0.25, 0.3) is 0 Å². The molecule has 0 spiro atoms. The molecule has 20 heavy (non-hydrogen) atoms. The Balaban J connectivity index is 2.05. The second-order valence-electron chi connectivity index (χ2n) is 3.85. The SMILES string of the molecule is C=Cc1ccc(OC(=O)Oc2cccc(O)c2O)cc1. The molecule has 0 aliphatic heterocycles. The topological polar surface area (TPSA) is 76.0 Å². The lowest BCUT2D eigenvalue weighted by Gasteiger charge is -2.07. The van der Waals surface area contributed by atoms with Gasteiger partial charge in [0.15, 0.2) is 11.5 Å². The average molecular weight is 272 g/mol. The summed E-state index contributed by atoms with van der Waals surface area (Å²) in [7, 11) is 0. The molecular formula is C15H12O5. The second kappa shape index (κ2) is 5.79. The minimum atomic E-state index is -1.02. The molecule has 2 N–H and O–H groups in total. The van der Waals surface area contributed by atoms with Crippen LogP contribution in [0, 0.1) is 0 Å². The summed E-state index contributed by atoms with van der Waals surface area (Å²) < 4.78 is 9.72. The van der Waals surface area contributed by atoms with E-state index in [0.717, 1.165) is 5.56 Å². The van der Waals surface area contributed by atoms with E-state index in [4.69, 9.17) is 9.47 Å². The summed E-state index contributed by atoms with van der Waals surface area (Å²) in [5.74, 6) is -0.796. The van der Waals surface area contributed by atoms with E-state index in [0.29, 0.717) is 5.75 Å². The van der Waals surface area contributed by atoms with Crippen molar-refractivity contribution in [3.63, 3.8) is 0 Å². The van der Waals surface area contributed by atoms with E-state index in [1.54, 1.807) is 30.3 Å². The third-order valence-electron chi connectivity index (χ3n) is 2.49. The predicted molar refractivity (Wildman–Crippen MR) is 73.0 cm³/mol. The summed E-state index contributed by atoms with van der Waals surface area (Å²) in [6.07, 6.45) is 0.643. The number of phenolic OH excluding ortho intramolecular Hbond substituents is 2. The average Bonchev–Trinajstić information content (AvgIpc) is 2.45. The first kappa shape index (κ1) is 13.5. The van der Waals surface area contributed by atoms with Crippen molar-refractivity contribution in [2.45, 2.75) is 0 Å². The van der Waals surface area contributed by atoms with Crippen molar-refractivity contribution in [2.24, 2.45) is 0 Å². The normalized spacial score (nSPS) is 9.80. The van der Waals surface area contributed by atoms with Gasteiger partial charge in [0.05, 0.1) is 0 Å². The van der Waals surface area contributed by atoms with Gasteiger partial charge in [0, 0.05) is 0 Å². The van der Waals surface area contributed by atoms with Gasteiger partial charge in [-0.3, -0.25) is 0 Å². The quantitative estimate of drug-likeness (QED) is 0.509. The van der Waals surface area contributed by atoms with Crippen LogP contribution in [0.25, 0.3) is 6.08 Å². The van der Waals surface area contributed by atoms with E-state index in [1.165, 1.54) is 18.2 Å². The summed E-state index contributed by atoms with van der Waals surface area (Å²) >= 11 is 0. The van der Waals surface area contributed by atoms with Gasteiger partial charge in [-0.2, -0.15) is 0 Å². The summed E-state index contributed by atoms with van der Waals surface area (Å²) in [5.41, 5.74) is 0.886. The number of benzene rings is 2. The van der Waals surface area contributed by atoms with Crippen molar-refractivity contribution in [3.8, 4) is 23.0 Å². The van der Waals surface area contributed by atoms with Gasteiger partial charge in [-0.15, -0.1) is 0 Å². The summed E-state index contributed by atoms with van der Waals surface area (Å²) in [4.78, 5) is 11.5. The van der Waals surface area contributed by atoms with E-state index in [-0.39, 0.29) is 11.5 Å².